The normalized spacial score (nSPS) is 10.5. The van der Waals surface area contributed by atoms with Gasteiger partial charge >= 0.3 is 0 Å². The van der Waals surface area contributed by atoms with Gasteiger partial charge in [-0.05, 0) is 6.07 Å². The lowest BCUT2D eigenvalue weighted by molar-refractivity contribution is 1.29. The largest absolute Gasteiger partial charge is 0.345 e. The molecule has 0 saturated heterocycles. The number of hydrogen-bond donors (Lipinski definition) is 2. The third-order valence-electron chi connectivity index (χ3n) is 2.41. The van der Waals surface area contributed by atoms with Gasteiger partial charge in [0.1, 0.15) is 11.6 Å². The average Bonchev–Trinajstić information content (AvgIpc) is 3.03. The monoisotopic (exact) mass is 210 g/mol. The van der Waals surface area contributed by atoms with Gasteiger partial charge < -0.3 is 9.97 Å². The van der Waals surface area contributed by atoms with Crippen LogP contribution in [0.3, 0.4) is 0 Å². The van der Waals surface area contributed by atoms with Gasteiger partial charge in [-0.2, -0.15) is 0 Å². The molecule has 1 aromatic carbocycles. The van der Waals surface area contributed by atoms with Crippen LogP contribution in [0, 0.1) is 0 Å². The fraction of sp³-hybridized carbons (Fsp3) is 0. The van der Waals surface area contributed by atoms with Gasteiger partial charge in [0.15, 0.2) is 0 Å². The number of benzene rings is 1. The van der Waals surface area contributed by atoms with Crippen molar-refractivity contribution in [1.29, 1.82) is 0 Å². The Balaban J connectivity index is 2.07. The van der Waals surface area contributed by atoms with Gasteiger partial charge in [-0.25, -0.2) is 9.97 Å². The Kier molecular flexibility index (Phi) is 2.04. The molecule has 2 N–H and O–H groups in total. The lowest BCUT2D eigenvalue weighted by Crippen LogP contribution is -1.84. The second kappa shape index (κ2) is 3.66. The summed E-state index contributed by atoms with van der Waals surface area (Å²) in [5.41, 5.74) is 2.11. The van der Waals surface area contributed by atoms with Gasteiger partial charge in [-0.1, -0.05) is 18.2 Å². The summed E-state index contributed by atoms with van der Waals surface area (Å²) < 4.78 is 0. The van der Waals surface area contributed by atoms with Crippen molar-refractivity contribution >= 4 is 0 Å². The predicted molar refractivity (Wildman–Crippen MR) is 61.6 cm³/mol. The zero-order valence-corrected chi connectivity index (χ0v) is 8.51. The Morgan fingerprint density at radius 3 is 1.81 bits per heavy atom. The van der Waals surface area contributed by atoms with Crippen molar-refractivity contribution < 1.29 is 0 Å². The highest BCUT2D eigenvalue weighted by Gasteiger charge is 2.03. The standard InChI is InChI=1S/C12H10N4/c1-2-9(11-13-4-5-14-11)8-10(3-1)12-15-6-7-16-12/h1-8H,(H,13,14)(H,15,16). The molecular formula is C12H10N4. The molecule has 0 bridgehead atoms. The third-order valence-corrected chi connectivity index (χ3v) is 2.41. The zero-order valence-electron chi connectivity index (χ0n) is 8.51. The molecule has 3 aromatic rings. The molecule has 0 radical (unpaired) electrons. The van der Waals surface area contributed by atoms with Crippen LogP contribution in [0.25, 0.3) is 22.8 Å². The highest BCUT2D eigenvalue weighted by atomic mass is 14.9. The van der Waals surface area contributed by atoms with Crippen LogP contribution in [0.15, 0.2) is 49.1 Å². The molecule has 2 heterocycles. The number of hydrogen-bond acceptors (Lipinski definition) is 2. The van der Waals surface area contributed by atoms with E-state index in [2.05, 4.69) is 26.0 Å². The molecule has 0 atom stereocenters. The summed E-state index contributed by atoms with van der Waals surface area (Å²) in [7, 11) is 0. The number of nitrogens with one attached hydrogen (secondary N) is 2. The molecule has 2 aromatic heterocycles. The Bertz CT molecular complexity index is 517. The van der Waals surface area contributed by atoms with Crippen LogP contribution in [0.4, 0.5) is 0 Å². The quantitative estimate of drug-likeness (QED) is 0.682. The van der Waals surface area contributed by atoms with E-state index in [0.717, 1.165) is 22.8 Å². The molecule has 4 nitrogen and oxygen atoms in total. The summed E-state index contributed by atoms with van der Waals surface area (Å²) in [6, 6.07) is 8.09. The Labute approximate surface area is 92.4 Å². The van der Waals surface area contributed by atoms with Crippen LogP contribution >= 0.6 is 0 Å². The number of nitrogens with zero attached hydrogens (tertiary/aromatic N) is 2. The summed E-state index contributed by atoms with van der Waals surface area (Å²) >= 11 is 0. The molecule has 78 valence electrons. The molecule has 0 amide bonds. The first-order chi connectivity index (χ1) is 7.93. The minimum Gasteiger partial charge on any atom is -0.345 e. The van der Waals surface area contributed by atoms with E-state index in [1.807, 2.05) is 30.6 Å². The van der Waals surface area contributed by atoms with Gasteiger partial charge in [0.05, 0.1) is 0 Å². The first-order valence-electron chi connectivity index (χ1n) is 5.03. The molecule has 4 heteroatoms. The van der Waals surface area contributed by atoms with Crippen molar-refractivity contribution in [3.05, 3.63) is 49.1 Å². The van der Waals surface area contributed by atoms with Gasteiger partial charge in [0.2, 0.25) is 0 Å². The molecule has 0 aliphatic rings. The number of rotatable bonds is 2. The van der Waals surface area contributed by atoms with Crippen molar-refractivity contribution in [1.82, 2.24) is 19.9 Å². The zero-order chi connectivity index (χ0) is 10.8. The Morgan fingerprint density at radius 1 is 0.812 bits per heavy atom. The van der Waals surface area contributed by atoms with Crippen molar-refractivity contribution in [2.24, 2.45) is 0 Å². The van der Waals surface area contributed by atoms with Crippen LogP contribution in [0.2, 0.25) is 0 Å². The maximum Gasteiger partial charge on any atom is 0.137 e. The maximum atomic E-state index is 4.22. The molecule has 0 saturated carbocycles. The van der Waals surface area contributed by atoms with Crippen molar-refractivity contribution in [3.8, 4) is 22.8 Å². The van der Waals surface area contributed by atoms with E-state index in [1.54, 1.807) is 12.4 Å². The predicted octanol–water partition coefficient (Wildman–Crippen LogP) is 2.47. The lowest BCUT2D eigenvalue weighted by atomic mass is 10.1. The van der Waals surface area contributed by atoms with Gasteiger partial charge in [0, 0.05) is 35.9 Å². The molecule has 0 spiro atoms. The van der Waals surface area contributed by atoms with Crippen molar-refractivity contribution in [2.75, 3.05) is 0 Å². The third kappa shape index (κ3) is 1.50. The minimum absolute atomic E-state index is 0.869. The molecule has 3 rings (SSSR count). The minimum atomic E-state index is 0.869. The smallest absolute Gasteiger partial charge is 0.137 e. The van der Waals surface area contributed by atoms with Crippen LogP contribution in [0.1, 0.15) is 0 Å². The summed E-state index contributed by atoms with van der Waals surface area (Å²) in [4.78, 5) is 14.6. The lowest BCUT2D eigenvalue weighted by Gasteiger charge is -2.00. The van der Waals surface area contributed by atoms with Crippen molar-refractivity contribution in [3.63, 3.8) is 0 Å². The summed E-state index contributed by atoms with van der Waals surface area (Å²) in [5.74, 6) is 1.74. The second-order valence-corrected chi connectivity index (χ2v) is 3.46. The van der Waals surface area contributed by atoms with Crippen LogP contribution in [-0.2, 0) is 0 Å². The first-order valence-corrected chi connectivity index (χ1v) is 5.03. The van der Waals surface area contributed by atoms with Crippen LogP contribution < -0.4 is 0 Å². The highest BCUT2D eigenvalue weighted by molar-refractivity contribution is 5.65. The number of aromatic amines is 2. The Hall–Kier alpha value is -2.36. The molecule has 0 fully saturated rings. The Morgan fingerprint density at radius 2 is 1.38 bits per heavy atom. The maximum absolute atomic E-state index is 4.22. The molecular weight excluding hydrogens is 200 g/mol. The SMILES string of the molecule is c1cc(-c2ncc[nH]2)cc(-c2ncc[nH]2)c1. The molecule has 0 unspecified atom stereocenters. The van der Waals surface area contributed by atoms with Gasteiger partial charge in [-0.3, -0.25) is 0 Å². The molecule has 0 aliphatic heterocycles. The van der Waals surface area contributed by atoms with Crippen LogP contribution in [0.5, 0.6) is 0 Å². The fourth-order valence-electron chi connectivity index (χ4n) is 1.66. The highest BCUT2D eigenvalue weighted by Crippen LogP contribution is 2.21. The van der Waals surface area contributed by atoms with E-state index < -0.39 is 0 Å². The molecule has 16 heavy (non-hydrogen) atoms. The van der Waals surface area contributed by atoms with E-state index in [-0.39, 0.29) is 0 Å². The second-order valence-electron chi connectivity index (χ2n) is 3.46. The van der Waals surface area contributed by atoms with E-state index in [9.17, 15) is 0 Å². The number of H-pyrrole nitrogens is 2. The van der Waals surface area contributed by atoms with E-state index in [0.29, 0.717) is 0 Å². The number of aromatic nitrogens is 4. The average molecular weight is 210 g/mol. The van der Waals surface area contributed by atoms with E-state index in [4.69, 9.17) is 0 Å². The summed E-state index contributed by atoms with van der Waals surface area (Å²) in [6.07, 6.45) is 7.12. The van der Waals surface area contributed by atoms with Crippen LogP contribution in [-0.4, -0.2) is 19.9 Å². The fourth-order valence-corrected chi connectivity index (χ4v) is 1.66. The van der Waals surface area contributed by atoms with Crippen molar-refractivity contribution in [2.45, 2.75) is 0 Å². The van der Waals surface area contributed by atoms with E-state index in [1.165, 1.54) is 0 Å². The van der Waals surface area contributed by atoms with Gasteiger partial charge in [0.25, 0.3) is 0 Å². The summed E-state index contributed by atoms with van der Waals surface area (Å²) in [5, 5.41) is 0. The molecule has 0 aliphatic carbocycles. The number of imidazole rings is 2. The van der Waals surface area contributed by atoms with Gasteiger partial charge in [-0.15, -0.1) is 0 Å². The first kappa shape index (κ1) is 8.91. The topological polar surface area (TPSA) is 57.4 Å². The summed E-state index contributed by atoms with van der Waals surface area (Å²) in [6.45, 7) is 0. The van der Waals surface area contributed by atoms with E-state index >= 15 is 0 Å².